The van der Waals surface area contributed by atoms with Crippen molar-refractivity contribution in [3.05, 3.63) is 47.5 Å². The molecule has 3 heterocycles. The molecule has 0 radical (unpaired) electrons. The highest BCUT2D eigenvalue weighted by Crippen LogP contribution is 2.30. The van der Waals surface area contributed by atoms with E-state index in [1.54, 1.807) is 35.0 Å². The molecule has 0 unspecified atom stereocenters. The standard InChI is InChI=1S/C20H27FN6O3S/c1-14-17(13-22-24(14)2)18-12-19(25(3)31(29,30)23-18)20(28)27-10-8-26(9-11-27)16-6-4-15(21)5-7-16/h4-7,13,18-19,23H,8-12H2,1-3H3/t18-,19-/m0/s1. The predicted octanol–water partition coefficient (Wildman–Crippen LogP) is 0.796. The van der Waals surface area contributed by atoms with E-state index in [0.29, 0.717) is 32.6 Å². The summed E-state index contributed by atoms with van der Waals surface area (Å²) in [5.41, 5.74) is 2.54. The molecule has 1 aromatic heterocycles. The van der Waals surface area contributed by atoms with Crippen molar-refractivity contribution >= 4 is 21.8 Å². The Kier molecular flexibility index (Phi) is 5.75. The first-order valence-electron chi connectivity index (χ1n) is 10.2. The summed E-state index contributed by atoms with van der Waals surface area (Å²) in [5, 5.41) is 4.20. The van der Waals surface area contributed by atoms with Crippen LogP contribution in [0.1, 0.15) is 23.7 Å². The SMILES string of the molecule is Cc1c([C@@H]2C[C@@H](C(=O)N3CCN(c4ccc(F)cc4)CC3)N(C)S(=O)(=O)N2)cnn1C. The van der Waals surface area contributed by atoms with Gasteiger partial charge in [-0.15, -0.1) is 0 Å². The Bertz CT molecular complexity index is 1060. The fourth-order valence-corrected chi connectivity index (χ4v) is 5.46. The second-order valence-electron chi connectivity index (χ2n) is 8.04. The lowest BCUT2D eigenvalue weighted by Gasteiger charge is -2.41. The molecule has 1 amide bonds. The summed E-state index contributed by atoms with van der Waals surface area (Å²) in [7, 11) is -0.570. The largest absolute Gasteiger partial charge is 0.368 e. The van der Waals surface area contributed by atoms with Crippen LogP contribution in [0.25, 0.3) is 0 Å². The molecular weight excluding hydrogens is 423 g/mol. The Balaban J connectivity index is 1.48. The van der Waals surface area contributed by atoms with Crippen molar-refractivity contribution in [2.45, 2.75) is 25.4 Å². The average molecular weight is 451 g/mol. The monoisotopic (exact) mass is 450 g/mol. The second kappa shape index (κ2) is 8.21. The zero-order chi connectivity index (χ0) is 22.3. The van der Waals surface area contributed by atoms with Gasteiger partial charge in [-0.25, -0.2) is 4.39 Å². The van der Waals surface area contributed by atoms with Crippen LogP contribution in [0.15, 0.2) is 30.5 Å². The maximum absolute atomic E-state index is 13.3. The number of rotatable bonds is 3. The number of halogens is 1. The minimum Gasteiger partial charge on any atom is -0.368 e. The number of aryl methyl sites for hydroxylation is 1. The van der Waals surface area contributed by atoms with E-state index in [0.717, 1.165) is 21.2 Å². The fraction of sp³-hybridized carbons (Fsp3) is 0.500. The minimum atomic E-state index is -3.80. The lowest BCUT2D eigenvalue weighted by Crippen LogP contribution is -2.60. The molecule has 2 aromatic rings. The summed E-state index contributed by atoms with van der Waals surface area (Å²) in [6.45, 7) is 4.03. The molecule has 2 fully saturated rings. The van der Waals surface area contributed by atoms with E-state index in [4.69, 9.17) is 0 Å². The molecule has 11 heteroatoms. The lowest BCUT2D eigenvalue weighted by atomic mass is 9.99. The first-order chi connectivity index (χ1) is 14.7. The normalized spacial score (nSPS) is 24.4. The second-order valence-corrected chi connectivity index (χ2v) is 9.80. The third-order valence-corrected chi connectivity index (χ3v) is 7.88. The van der Waals surface area contributed by atoms with E-state index in [1.165, 1.54) is 19.2 Å². The Morgan fingerprint density at radius 2 is 1.77 bits per heavy atom. The maximum Gasteiger partial charge on any atom is 0.280 e. The summed E-state index contributed by atoms with van der Waals surface area (Å²) in [4.78, 5) is 17.1. The molecule has 0 bridgehead atoms. The smallest absolute Gasteiger partial charge is 0.280 e. The van der Waals surface area contributed by atoms with Gasteiger partial charge in [0.2, 0.25) is 5.91 Å². The van der Waals surface area contributed by atoms with Gasteiger partial charge in [0, 0.05) is 57.2 Å². The van der Waals surface area contributed by atoms with Crippen LogP contribution in [0.4, 0.5) is 10.1 Å². The van der Waals surface area contributed by atoms with Gasteiger partial charge in [0.05, 0.1) is 12.2 Å². The highest BCUT2D eigenvalue weighted by atomic mass is 32.2. The van der Waals surface area contributed by atoms with Gasteiger partial charge >= 0.3 is 0 Å². The molecule has 2 atom stereocenters. The summed E-state index contributed by atoms with van der Waals surface area (Å²) < 4.78 is 44.1. The highest BCUT2D eigenvalue weighted by Gasteiger charge is 2.43. The van der Waals surface area contributed by atoms with Crippen LogP contribution in [0.2, 0.25) is 0 Å². The van der Waals surface area contributed by atoms with Gasteiger partial charge in [-0.05, 0) is 37.6 Å². The van der Waals surface area contributed by atoms with Crippen LogP contribution in [-0.2, 0) is 22.1 Å². The lowest BCUT2D eigenvalue weighted by molar-refractivity contribution is -0.136. The van der Waals surface area contributed by atoms with Crippen molar-refractivity contribution in [2.75, 3.05) is 38.1 Å². The van der Waals surface area contributed by atoms with Crippen molar-refractivity contribution < 1.29 is 17.6 Å². The molecule has 0 aliphatic carbocycles. The van der Waals surface area contributed by atoms with E-state index < -0.39 is 22.3 Å². The molecule has 31 heavy (non-hydrogen) atoms. The van der Waals surface area contributed by atoms with E-state index in [9.17, 15) is 17.6 Å². The van der Waals surface area contributed by atoms with E-state index >= 15 is 0 Å². The number of nitrogens with zero attached hydrogens (tertiary/aromatic N) is 5. The van der Waals surface area contributed by atoms with Crippen molar-refractivity contribution in [3.63, 3.8) is 0 Å². The van der Waals surface area contributed by atoms with Crippen LogP contribution in [0.3, 0.4) is 0 Å². The van der Waals surface area contributed by atoms with Crippen molar-refractivity contribution in [3.8, 4) is 0 Å². The van der Waals surface area contributed by atoms with Gasteiger partial charge in [0.15, 0.2) is 0 Å². The molecule has 1 aromatic carbocycles. The number of nitrogens with one attached hydrogen (secondary N) is 1. The van der Waals surface area contributed by atoms with Crippen LogP contribution in [0.5, 0.6) is 0 Å². The number of likely N-dealkylation sites (N-methyl/N-ethyl adjacent to an activating group) is 1. The Morgan fingerprint density at radius 1 is 1.13 bits per heavy atom. The zero-order valence-electron chi connectivity index (χ0n) is 17.8. The van der Waals surface area contributed by atoms with Gasteiger partial charge in [-0.2, -0.15) is 22.5 Å². The number of hydrogen-bond donors (Lipinski definition) is 1. The Morgan fingerprint density at radius 3 is 2.35 bits per heavy atom. The number of piperazine rings is 1. The van der Waals surface area contributed by atoms with Crippen LogP contribution < -0.4 is 9.62 Å². The molecule has 2 saturated heterocycles. The highest BCUT2D eigenvalue weighted by molar-refractivity contribution is 7.87. The topological polar surface area (TPSA) is 90.8 Å². The van der Waals surface area contributed by atoms with Gasteiger partial charge in [-0.1, -0.05) is 0 Å². The van der Waals surface area contributed by atoms with E-state index in [2.05, 4.69) is 14.7 Å². The molecular formula is C20H27FN6O3S. The van der Waals surface area contributed by atoms with Crippen LogP contribution >= 0.6 is 0 Å². The maximum atomic E-state index is 13.3. The Labute approximate surface area is 181 Å². The third-order valence-electron chi connectivity index (χ3n) is 6.28. The first-order valence-corrected chi connectivity index (χ1v) is 11.6. The molecule has 2 aliphatic rings. The predicted molar refractivity (Wildman–Crippen MR) is 114 cm³/mol. The minimum absolute atomic E-state index is 0.196. The molecule has 2 aliphatic heterocycles. The summed E-state index contributed by atoms with van der Waals surface area (Å²) in [6.07, 6.45) is 1.98. The third kappa shape index (κ3) is 4.17. The molecule has 0 spiro atoms. The summed E-state index contributed by atoms with van der Waals surface area (Å²) >= 11 is 0. The Hall–Kier alpha value is -2.50. The fourth-order valence-electron chi connectivity index (χ4n) is 4.20. The zero-order valence-corrected chi connectivity index (χ0v) is 18.6. The quantitative estimate of drug-likeness (QED) is 0.747. The molecule has 0 saturated carbocycles. The van der Waals surface area contributed by atoms with Crippen LogP contribution in [0, 0.1) is 12.7 Å². The average Bonchev–Trinajstić information content (AvgIpc) is 3.08. The van der Waals surface area contributed by atoms with Gasteiger partial charge in [0.1, 0.15) is 11.9 Å². The van der Waals surface area contributed by atoms with Gasteiger partial charge < -0.3 is 9.80 Å². The number of anilines is 1. The van der Waals surface area contributed by atoms with Crippen LogP contribution in [-0.4, -0.2) is 72.6 Å². The van der Waals surface area contributed by atoms with E-state index in [-0.39, 0.29) is 11.7 Å². The molecule has 1 N–H and O–H groups in total. The number of benzene rings is 1. The molecule has 168 valence electrons. The number of amides is 1. The number of aromatic nitrogens is 2. The number of hydrogen-bond acceptors (Lipinski definition) is 5. The van der Waals surface area contributed by atoms with Gasteiger partial charge in [-0.3, -0.25) is 9.48 Å². The van der Waals surface area contributed by atoms with Crippen molar-refractivity contribution in [2.24, 2.45) is 7.05 Å². The van der Waals surface area contributed by atoms with E-state index in [1.807, 2.05) is 6.92 Å². The molecule has 4 rings (SSSR count). The number of carbonyl (C=O) groups excluding carboxylic acids is 1. The van der Waals surface area contributed by atoms with Gasteiger partial charge in [0.25, 0.3) is 10.2 Å². The van der Waals surface area contributed by atoms with Crippen molar-refractivity contribution in [1.82, 2.24) is 23.7 Å². The molecule has 9 nitrogen and oxygen atoms in total. The van der Waals surface area contributed by atoms with Crippen molar-refractivity contribution in [1.29, 1.82) is 0 Å². The first kappa shape index (κ1) is 21.7. The number of carbonyl (C=O) groups is 1. The summed E-state index contributed by atoms with van der Waals surface area (Å²) in [5.74, 6) is -0.482. The summed E-state index contributed by atoms with van der Waals surface area (Å²) in [6, 6.07) is 4.99.